The monoisotopic (exact) mass is 341 g/mol. The Kier molecular flexibility index (Phi) is 4.16. The van der Waals surface area contributed by atoms with Crippen molar-refractivity contribution in [1.29, 1.82) is 0 Å². The molecule has 0 radical (unpaired) electrons. The fraction of sp³-hybridized carbons (Fsp3) is 0.571. The first-order valence-electron chi connectivity index (χ1n) is 7.36. The number of anilines is 1. The maximum atomic E-state index is 14.5. The summed E-state index contributed by atoms with van der Waals surface area (Å²) < 4.78 is 21.8. The molecule has 126 valence electrons. The smallest absolute Gasteiger partial charge is 0.173 e. The first-order chi connectivity index (χ1) is 10.8. The summed E-state index contributed by atoms with van der Waals surface area (Å²) in [6.45, 7) is 2.94. The largest absolute Gasteiger partial charge is 0.387 e. The fourth-order valence-electron chi connectivity index (χ4n) is 2.70. The summed E-state index contributed by atoms with van der Waals surface area (Å²) >= 11 is 0. The molecule has 3 rings (SSSR count). The standard InChI is InChI=1S/C14H21FN5O2P/c1-23(2,3)5-4-8-11(21)9(15)14(22-8)20-7-19-10-12(16)17-6-18-13(10)20/h6-9,11,14,21H,1,4-5H2,2-3H3,(H2,16,17,18)/t8-,9-,11-,14?/m1/s1. The van der Waals surface area contributed by atoms with Gasteiger partial charge in [-0.2, -0.15) is 0 Å². The quantitative estimate of drug-likeness (QED) is 0.808. The second-order valence-electron chi connectivity index (χ2n) is 6.53. The number of aliphatic hydroxyl groups is 1. The second kappa shape index (κ2) is 5.85. The van der Waals surface area contributed by atoms with Crippen molar-refractivity contribution in [3.63, 3.8) is 0 Å². The van der Waals surface area contributed by atoms with Gasteiger partial charge >= 0.3 is 0 Å². The van der Waals surface area contributed by atoms with Crippen LogP contribution in [0.25, 0.3) is 11.2 Å². The summed E-state index contributed by atoms with van der Waals surface area (Å²) in [6, 6.07) is 0. The van der Waals surface area contributed by atoms with E-state index < -0.39 is 31.5 Å². The number of aliphatic hydroxyl groups excluding tert-OH is 1. The van der Waals surface area contributed by atoms with E-state index in [0.29, 0.717) is 17.6 Å². The zero-order valence-electron chi connectivity index (χ0n) is 13.1. The highest BCUT2D eigenvalue weighted by Gasteiger charge is 2.45. The number of hydrogen-bond acceptors (Lipinski definition) is 6. The van der Waals surface area contributed by atoms with E-state index in [9.17, 15) is 9.50 Å². The van der Waals surface area contributed by atoms with Crippen molar-refractivity contribution >= 4 is 30.2 Å². The average Bonchev–Trinajstić information content (AvgIpc) is 3.01. The number of imidazole rings is 1. The third-order valence-corrected chi connectivity index (χ3v) is 5.44. The highest BCUT2D eigenvalue weighted by Crippen LogP contribution is 2.40. The number of ether oxygens (including phenoxy) is 1. The van der Waals surface area contributed by atoms with Crippen LogP contribution in [-0.2, 0) is 4.74 Å². The highest BCUT2D eigenvalue weighted by molar-refractivity contribution is 7.72. The van der Waals surface area contributed by atoms with E-state index >= 15 is 0 Å². The van der Waals surface area contributed by atoms with Crippen molar-refractivity contribution < 1.29 is 14.2 Å². The molecule has 0 amide bonds. The van der Waals surface area contributed by atoms with Gasteiger partial charge in [0.05, 0.1) is 12.4 Å². The lowest BCUT2D eigenvalue weighted by molar-refractivity contribution is -0.0234. The number of fused-ring (bicyclic) bond motifs is 1. The second-order valence-corrected chi connectivity index (χ2v) is 10.8. The summed E-state index contributed by atoms with van der Waals surface area (Å²) in [5, 5.41) is 10.2. The number of rotatable bonds is 4. The van der Waals surface area contributed by atoms with E-state index in [1.807, 2.05) is 0 Å². The molecule has 9 heteroatoms. The van der Waals surface area contributed by atoms with Crippen LogP contribution in [0, 0.1) is 0 Å². The van der Waals surface area contributed by atoms with E-state index in [4.69, 9.17) is 10.5 Å². The van der Waals surface area contributed by atoms with Crippen molar-refractivity contribution in [3.8, 4) is 0 Å². The summed E-state index contributed by atoms with van der Waals surface area (Å²) in [7, 11) is 0. The number of nitrogens with two attached hydrogens (primary N) is 1. The van der Waals surface area contributed by atoms with Gasteiger partial charge in [0.25, 0.3) is 0 Å². The molecule has 1 saturated heterocycles. The number of nitrogen functional groups attached to an aromatic ring is 1. The SMILES string of the molecule is C=P(C)(C)CC[C@H]1OC(n2cnc3c(N)ncnc32)[C@H](F)[C@@H]1O. The van der Waals surface area contributed by atoms with Crippen molar-refractivity contribution in [2.75, 3.05) is 25.2 Å². The molecule has 2 aromatic heterocycles. The minimum atomic E-state index is -1.56. The predicted octanol–water partition coefficient (Wildman–Crippen LogP) is 1.10. The normalized spacial score (nSPS) is 28.5. The lowest BCUT2D eigenvalue weighted by Crippen LogP contribution is -2.29. The Bertz CT molecular complexity index is 761. The van der Waals surface area contributed by atoms with Gasteiger partial charge in [0.2, 0.25) is 0 Å². The van der Waals surface area contributed by atoms with E-state index in [-0.39, 0.29) is 5.82 Å². The van der Waals surface area contributed by atoms with Crippen molar-refractivity contribution in [3.05, 3.63) is 12.7 Å². The minimum absolute atomic E-state index is 0.225. The van der Waals surface area contributed by atoms with Crippen LogP contribution in [0.5, 0.6) is 0 Å². The Labute approximate surface area is 133 Å². The Balaban J connectivity index is 1.85. The summed E-state index contributed by atoms with van der Waals surface area (Å²) in [5.41, 5.74) is 6.53. The first kappa shape index (κ1) is 16.4. The molecule has 1 aliphatic rings. The fourth-order valence-corrected chi connectivity index (χ4v) is 3.65. The van der Waals surface area contributed by atoms with Crippen LogP contribution in [0.2, 0.25) is 0 Å². The molecular formula is C14H21FN5O2P. The summed E-state index contributed by atoms with van der Waals surface area (Å²) in [5.74, 6) is 0.225. The van der Waals surface area contributed by atoms with Gasteiger partial charge in [-0.05, 0) is 25.9 Å². The van der Waals surface area contributed by atoms with Gasteiger partial charge in [-0.25, -0.2) is 19.3 Å². The van der Waals surface area contributed by atoms with Crippen molar-refractivity contribution in [2.45, 2.75) is 31.0 Å². The van der Waals surface area contributed by atoms with Gasteiger partial charge in [0.15, 0.2) is 23.9 Å². The van der Waals surface area contributed by atoms with Gasteiger partial charge in [0, 0.05) is 0 Å². The number of hydrogen-bond donors (Lipinski definition) is 2. The molecule has 0 bridgehead atoms. The van der Waals surface area contributed by atoms with Gasteiger partial charge in [-0.3, -0.25) is 4.57 Å². The minimum Gasteiger partial charge on any atom is -0.387 e. The molecule has 0 spiro atoms. The number of halogens is 1. The third-order valence-electron chi connectivity index (χ3n) is 3.97. The van der Waals surface area contributed by atoms with E-state index in [2.05, 4.69) is 34.6 Å². The molecule has 1 unspecified atom stereocenters. The average molecular weight is 341 g/mol. The lowest BCUT2D eigenvalue weighted by atomic mass is 10.1. The van der Waals surface area contributed by atoms with E-state index in [1.54, 1.807) is 0 Å². The summed E-state index contributed by atoms with van der Waals surface area (Å²) in [6.07, 6.45) is 3.97. The Morgan fingerprint density at radius 3 is 2.87 bits per heavy atom. The lowest BCUT2D eigenvalue weighted by Gasteiger charge is -2.18. The number of nitrogens with zero attached hydrogens (tertiary/aromatic N) is 4. The van der Waals surface area contributed by atoms with Gasteiger partial charge < -0.3 is 15.6 Å². The molecule has 4 atom stereocenters. The van der Waals surface area contributed by atoms with E-state index in [0.717, 1.165) is 6.16 Å². The van der Waals surface area contributed by atoms with Gasteiger partial charge in [0.1, 0.15) is 17.9 Å². The summed E-state index contributed by atoms with van der Waals surface area (Å²) in [4.78, 5) is 12.1. The van der Waals surface area contributed by atoms with Gasteiger partial charge in [-0.1, -0.05) is 0 Å². The van der Waals surface area contributed by atoms with Crippen LogP contribution < -0.4 is 5.73 Å². The van der Waals surface area contributed by atoms with Crippen LogP contribution in [0.3, 0.4) is 0 Å². The number of alkyl halides is 1. The third kappa shape index (κ3) is 3.11. The highest BCUT2D eigenvalue weighted by atomic mass is 31.2. The molecule has 2 aromatic rings. The molecule has 0 aromatic carbocycles. The molecule has 1 aliphatic heterocycles. The van der Waals surface area contributed by atoms with Gasteiger partial charge in [-0.15, -0.1) is 13.2 Å². The van der Waals surface area contributed by atoms with Crippen LogP contribution in [-0.4, -0.2) is 68.8 Å². The molecule has 3 N–H and O–H groups in total. The van der Waals surface area contributed by atoms with Crippen LogP contribution in [0.1, 0.15) is 12.6 Å². The maximum absolute atomic E-state index is 14.5. The van der Waals surface area contributed by atoms with Crippen molar-refractivity contribution in [1.82, 2.24) is 19.5 Å². The zero-order valence-corrected chi connectivity index (χ0v) is 14.0. The molecular weight excluding hydrogens is 320 g/mol. The maximum Gasteiger partial charge on any atom is 0.173 e. The Morgan fingerprint density at radius 1 is 1.43 bits per heavy atom. The zero-order chi connectivity index (χ0) is 16.8. The Hall–Kier alpha value is -1.50. The molecule has 0 saturated carbocycles. The van der Waals surface area contributed by atoms with Crippen molar-refractivity contribution in [2.24, 2.45) is 0 Å². The molecule has 3 heterocycles. The molecule has 1 fully saturated rings. The topological polar surface area (TPSA) is 99.1 Å². The number of aromatic nitrogens is 4. The molecule has 23 heavy (non-hydrogen) atoms. The van der Waals surface area contributed by atoms with Crippen LogP contribution in [0.15, 0.2) is 12.7 Å². The van der Waals surface area contributed by atoms with Crippen LogP contribution in [0.4, 0.5) is 10.2 Å². The van der Waals surface area contributed by atoms with Crippen LogP contribution >= 0.6 is 6.89 Å². The predicted molar refractivity (Wildman–Crippen MR) is 89.9 cm³/mol. The first-order valence-corrected chi connectivity index (χ1v) is 10.4. The molecule has 0 aliphatic carbocycles. The molecule has 7 nitrogen and oxygen atoms in total. The van der Waals surface area contributed by atoms with E-state index in [1.165, 1.54) is 17.2 Å². The Morgan fingerprint density at radius 2 is 2.17 bits per heavy atom.